The molecule has 0 fully saturated rings. The first kappa shape index (κ1) is 31.2. The Bertz CT molecular complexity index is 989. The Labute approximate surface area is 216 Å². The summed E-state index contributed by atoms with van der Waals surface area (Å²) in [6, 6.07) is -0.270. The molecule has 10 N–H and O–H groups in total. The molecule has 0 saturated heterocycles. The second kappa shape index (κ2) is 15.3. The van der Waals surface area contributed by atoms with Crippen LogP contribution in [0, 0.1) is 0 Å². The lowest BCUT2D eigenvalue weighted by Gasteiger charge is -2.24. The third kappa shape index (κ3) is 11.6. The van der Waals surface area contributed by atoms with Gasteiger partial charge in [-0.15, -0.1) is 0 Å². The van der Waals surface area contributed by atoms with Crippen molar-refractivity contribution in [1.29, 1.82) is 0 Å². The third-order valence-corrected chi connectivity index (χ3v) is 5.65. The van der Waals surface area contributed by atoms with Crippen molar-refractivity contribution >= 4 is 47.3 Å². The van der Waals surface area contributed by atoms with E-state index in [2.05, 4.69) is 16.0 Å². The summed E-state index contributed by atoms with van der Waals surface area (Å²) in [5, 5.41) is 34.6. The van der Waals surface area contributed by atoms with Crippen LogP contribution in [-0.4, -0.2) is 87.1 Å². The molecule has 15 heteroatoms. The van der Waals surface area contributed by atoms with Gasteiger partial charge in [-0.3, -0.25) is 24.0 Å². The number of thioether (sulfide) groups is 1. The van der Waals surface area contributed by atoms with Crippen LogP contribution in [0.2, 0.25) is 0 Å². The van der Waals surface area contributed by atoms with Crippen LogP contribution < -0.4 is 27.4 Å². The molecule has 0 aromatic heterocycles. The molecule has 1 aromatic rings. The van der Waals surface area contributed by atoms with Gasteiger partial charge in [0.2, 0.25) is 23.6 Å². The minimum absolute atomic E-state index is 0.0493. The molecular weight excluding hydrogens is 510 g/mol. The van der Waals surface area contributed by atoms with Crippen LogP contribution in [0.3, 0.4) is 0 Å². The lowest BCUT2D eigenvalue weighted by molar-refractivity contribution is -0.143. The van der Waals surface area contributed by atoms with Crippen molar-refractivity contribution in [3.8, 4) is 5.75 Å². The monoisotopic (exact) mass is 541 g/mol. The number of carbonyl (C=O) groups is 6. The van der Waals surface area contributed by atoms with Gasteiger partial charge in [-0.25, -0.2) is 4.79 Å². The average molecular weight is 542 g/mol. The molecule has 0 bridgehead atoms. The summed E-state index contributed by atoms with van der Waals surface area (Å²) in [7, 11) is 0. The van der Waals surface area contributed by atoms with E-state index in [0.717, 1.165) is 0 Å². The predicted octanol–water partition coefficient (Wildman–Crippen LogP) is -2.10. The van der Waals surface area contributed by atoms with Crippen LogP contribution in [0.1, 0.15) is 24.8 Å². The maximum atomic E-state index is 12.8. The van der Waals surface area contributed by atoms with E-state index < -0.39 is 72.6 Å². The first-order valence-electron chi connectivity index (χ1n) is 11.0. The van der Waals surface area contributed by atoms with Crippen molar-refractivity contribution in [3.05, 3.63) is 29.8 Å². The summed E-state index contributed by atoms with van der Waals surface area (Å²) in [4.78, 5) is 72.4. The summed E-state index contributed by atoms with van der Waals surface area (Å²) in [5.41, 5.74) is 11.4. The molecule has 1 aromatic carbocycles. The number of benzene rings is 1. The first-order valence-corrected chi connectivity index (χ1v) is 12.4. The zero-order chi connectivity index (χ0) is 28.1. The van der Waals surface area contributed by atoms with Gasteiger partial charge >= 0.3 is 11.9 Å². The molecule has 37 heavy (non-hydrogen) atoms. The van der Waals surface area contributed by atoms with E-state index >= 15 is 0 Å². The van der Waals surface area contributed by atoms with Gasteiger partial charge < -0.3 is 42.7 Å². The number of nitrogens with one attached hydrogen (secondary N) is 3. The third-order valence-electron chi connectivity index (χ3n) is 5.01. The number of carboxylic acid groups (broad SMARTS) is 2. The molecule has 1 rings (SSSR count). The van der Waals surface area contributed by atoms with Gasteiger partial charge in [-0.1, -0.05) is 12.1 Å². The number of aliphatic carboxylic acids is 2. The van der Waals surface area contributed by atoms with Crippen LogP contribution in [0.15, 0.2) is 24.3 Å². The molecule has 0 aliphatic rings. The van der Waals surface area contributed by atoms with Crippen molar-refractivity contribution in [1.82, 2.24) is 16.0 Å². The number of amides is 4. The fraction of sp³-hybridized carbons (Fsp3) is 0.455. The van der Waals surface area contributed by atoms with E-state index in [1.54, 1.807) is 6.26 Å². The van der Waals surface area contributed by atoms with Gasteiger partial charge in [0.05, 0.1) is 18.9 Å². The van der Waals surface area contributed by atoms with Crippen LogP contribution in [-0.2, 0) is 35.2 Å². The zero-order valence-electron chi connectivity index (χ0n) is 20.0. The van der Waals surface area contributed by atoms with Crippen molar-refractivity contribution in [3.63, 3.8) is 0 Å². The Morgan fingerprint density at radius 2 is 1.38 bits per heavy atom. The van der Waals surface area contributed by atoms with E-state index in [1.807, 2.05) is 0 Å². The van der Waals surface area contributed by atoms with Crippen molar-refractivity contribution in [2.75, 3.05) is 12.0 Å². The highest BCUT2D eigenvalue weighted by Gasteiger charge is 2.32. The molecule has 4 atom stereocenters. The normalized spacial score (nSPS) is 13.9. The summed E-state index contributed by atoms with van der Waals surface area (Å²) in [5.74, 6) is -6.34. The standard InChI is InChI=1S/C22H31N5O9S/c1-37-7-6-13(23)19(32)25-14(9-17(24)29)20(33)26-15(10-18(30)31)21(34)27-16(22(35)36)8-11-2-4-12(28)5-3-11/h2-5,13-16,28H,6-10,23H2,1H3,(H2,24,29)(H,25,32)(H,26,33)(H,27,34)(H,30,31)(H,35,36). The minimum atomic E-state index is -1.75. The second-order valence-corrected chi connectivity index (χ2v) is 9.03. The van der Waals surface area contributed by atoms with E-state index in [0.29, 0.717) is 11.3 Å². The first-order chi connectivity index (χ1) is 17.3. The van der Waals surface area contributed by atoms with E-state index in [1.165, 1.54) is 36.0 Å². The Hall–Kier alpha value is -3.85. The topological polar surface area (TPSA) is 251 Å². The van der Waals surface area contributed by atoms with Crippen molar-refractivity contribution in [2.24, 2.45) is 11.5 Å². The summed E-state index contributed by atoms with van der Waals surface area (Å²) in [6.45, 7) is 0. The Morgan fingerprint density at radius 3 is 1.86 bits per heavy atom. The smallest absolute Gasteiger partial charge is 0.326 e. The van der Waals surface area contributed by atoms with Crippen LogP contribution in [0.5, 0.6) is 5.75 Å². The fourth-order valence-corrected chi connectivity index (χ4v) is 3.55. The average Bonchev–Trinajstić information content (AvgIpc) is 2.81. The number of nitrogens with two attached hydrogens (primary N) is 2. The highest BCUT2D eigenvalue weighted by Crippen LogP contribution is 2.12. The maximum Gasteiger partial charge on any atom is 0.326 e. The molecule has 0 aliphatic heterocycles. The van der Waals surface area contributed by atoms with E-state index in [-0.39, 0.29) is 18.6 Å². The van der Waals surface area contributed by atoms with Gasteiger partial charge in [0.1, 0.15) is 23.9 Å². The second-order valence-electron chi connectivity index (χ2n) is 8.05. The van der Waals surface area contributed by atoms with E-state index in [9.17, 15) is 44.1 Å². The van der Waals surface area contributed by atoms with Crippen LogP contribution in [0.4, 0.5) is 0 Å². The zero-order valence-corrected chi connectivity index (χ0v) is 20.8. The highest BCUT2D eigenvalue weighted by atomic mass is 32.2. The maximum absolute atomic E-state index is 12.8. The van der Waals surface area contributed by atoms with E-state index in [4.69, 9.17) is 11.5 Å². The molecule has 0 aliphatic carbocycles. The molecule has 204 valence electrons. The number of carboxylic acids is 2. The SMILES string of the molecule is CSCCC(N)C(=O)NC(CC(N)=O)C(=O)NC(CC(=O)O)C(=O)NC(Cc1ccc(O)cc1)C(=O)O. The molecule has 0 saturated carbocycles. The van der Waals surface area contributed by atoms with Crippen molar-refractivity contribution in [2.45, 2.75) is 49.9 Å². The number of rotatable bonds is 16. The lowest BCUT2D eigenvalue weighted by atomic mass is 10.0. The lowest BCUT2D eigenvalue weighted by Crippen LogP contribution is -2.58. The van der Waals surface area contributed by atoms with Crippen LogP contribution >= 0.6 is 11.8 Å². The number of phenolic OH excluding ortho intramolecular Hbond substituents is 1. The number of hydrogen-bond acceptors (Lipinski definition) is 9. The number of hydrogen-bond donors (Lipinski definition) is 8. The molecule has 4 unspecified atom stereocenters. The summed E-state index contributed by atoms with van der Waals surface area (Å²) in [6.07, 6.45) is 0.296. The molecule has 4 amide bonds. The molecule has 0 spiro atoms. The predicted molar refractivity (Wildman–Crippen MR) is 132 cm³/mol. The van der Waals surface area contributed by atoms with Crippen molar-refractivity contribution < 1.29 is 44.1 Å². The highest BCUT2D eigenvalue weighted by molar-refractivity contribution is 7.98. The van der Waals surface area contributed by atoms with Gasteiger partial charge in [-0.2, -0.15) is 11.8 Å². The number of primary amides is 1. The van der Waals surface area contributed by atoms with Gasteiger partial charge in [-0.05, 0) is 36.1 Å². The summed E-state index contributed by atoms with van der Waals surface area (Å²) >= 11 is 1.44. The Kier molecular flexibility index (Phi) is 12.9. The van der Waals surface area contributed by atoms with Gasteiger partial charge in [0, 0.05) is 6.42 Å². The quantitative estimate of drug-likeness (QED) is 0.112. The van der Waals surface area contributed by atoms with Crippen LogP contribution in [0.25, 0.3) is 0 Å². The fourth-order valence-electron chi connectivity index (χ4n) is 3.06. The van der Waals surface area contributed by atoms with Gasteiger partial charge in [0.25, 0.3) is 0 Å². The number of aromatic hydroxyl groups is 1. The Morgan fingerprint density at radius 1 is 0.865 bits per heavy atom. The molecule has 14 nitrogen and oxygen atoms in total. The summed E-state index contributed by atoms with van der Waals surface area (Å²) < 4.78 is 0. The molecule has 0 heterocycles. The minimum Gasteiger partial charge on any atom is -0.508 e. The number of phenols is 1. The Balaban J connectivity index is 3.01. The molecular formula is C22H31N5O9S. The number of carbonyl (C=O) groups excluding carboxylic acids is 4. The largest absolute Gasteiger partial charge is 0.508 e. The van der Waals surface area contributed by atoms with Gasteiger partial charge in [0.15, 0.2) is 0 Å². The molecule has 0 radical (unpaired) electrons.